The molecule has 1 heterocycles. The van der Waals surface area contributed by atoms with E-state index < -0.39 is 0 Å². The van der Waals surface area contributed by atoms with Gasteiger partial charge in [-0.2, -0.15) is 0 Å². The van der Waals surface area contributed by atoms with Crippen LogP contribution in [-0.4, -0.2) is 6.29 Å². The highest BCUT2D eigenvalue weighted by atomic mass is 79.9. The molecular formula is C9H5BrO2. The smallest absolute Gasteiger partial charge is 0.185 e. The molecule has 1 aliphatic carbocycles. The quantitative estimate of drug-likeness (QED) is 0.698. The molecule has 0 bridgehead atoms. The minimum absolute atomic E-state index is 0.334. The van der Waals surface area contributed by atoms with Crippen LogP contribution >= 0.6 is 15.9 Å². The van der Waals surface area contributed by atoms with Gasteiger partial charge in [-0.25, -0.2) is 0 Å². The third-order valence-electron chi connectivity index (χ3n) is 1.65. The van der Waals surface area contributed by atoms with Gasteiger partial charge in [0.1, 0.15) is 5.76 Å². The van der Waals surface area contributed by atoms with Gasteiger partial charge in [0.05, 0.1) is 0 Å². The Morgan fingerprint density at radius 1 is 1.42 bits per heavy atom. The molecule has 2 nitrogen and oxygen atoms in total. The first-order valence-corrected chi connectivity index (χ1v) is 4.24. The summed E-state index contributed by atoms with van der Waals surface area (Å²) in [6.07, 6.45) is 0.692. The Balaban J connectivity index is 2.75. The van der Waals surface area contributed by atoms with E-state index in [9.17, 15) is 4.79 Å². The summed E-state index contributed by atoms with van der Waals surface area (Å²) in [6.45, 7) is 0. The normalized spacial score (nSPS) is 10.4. The molecular weight excluding hydrogens is 220 g/mol. The molecule has 0 spiro atoms. The fourth-order valence-corrected chi connectivity index (χ4v) is 1.66. The second kappa shape index (κ2) is 2.75. The van der Waals surface area contributed by atoms with Crippen molar-refractivity contribution in [1.29, 1.82) is 0 Å². The zero-order valence-electron chi connectivity index (χ0n) is 6.08. The monoisotopic (exact) mass is 224 g/mol. The lowest BCUT2D eigenvalue weighted by Crippen LogP contribution is -1.83. The van der Waals surface area contributed by atoms with Crippen molar-refractivity contribution >= 4 is 22.2 Å². The average molecular weight is 225 g/mol. The molecule has 0 fully saturated rings. The van der Waals surface area contributed by atoms with Crippen molar-refractivity contribution in [2.24, 2.45) is 0 Å². The number of fused-ring (bicyclic) bond motifs is 1. The number of hydrogen-bond acceptors (Lipinski definition) is 2. The second-order valence-electron chi connectivity index (χ2n) is 2.42. The van der Waals surface area contributed by atoms with E-state index in [1.165, 1.54) is 0 Å². The van der Waals surface area contributed by atoms with E-state index in [0.717, 1.165) is 15.8 Å². The topological polar surface area (TPSA) is 30.2 Å². The predicted molar refractivity (Wildman–Crippen MR) is 48.4 cm³/mol. The number of carbonyl (C=O) groups is 1. The van der Waals surface area contributed by atoms with Crippen molar-refractivity contribution in [3.8, 4) is 11.3 Å². The number of carbonyl (C=O) groups excluding carboxylic acids is 1. The van der Waals surface area contributed by atoms with Gasteiger partial charge in [-0.3, -0.25) is 4.79 Å². The van der Waals surface area contributed by atoms with Crippen LogP contribution in [0, 0.1) is 0 Å². The number of aldehydes is 1. The van der Waals surface area contributed by atoms with Gasteiger partial charge in [0.2, 0.25) is 0 Å². The van der Waals surface area contributed by atoms with Gasteiger partial charge in [0.25, 0.3) is 0 Å². The molecule has 0 saturated carbocycles. The van der Waals surface area contributed by atoms with Crippen LogP contribution in [0.4, 0.5) is 0 Å². The van der Waals surface area contributed by atoms with E-state index in [1.54, 1.807) is 6.07 Å². The van der Waals surface area contributed by atoms with Crippen molar-refractivity contribution in [3.05, 3.63) is 34.5 Å². The fourth-order valence-electron chi connectivity index (χ4n) is 1.11. The van der Waals surface area contributed by atoms with Crippen LogP contribution in [0.1, 0.15) is 10.6 Å². The third-order valence-corrected chi connectivity index (χ3v) is 2.30. The van der Waals surface area contributed by atoms with Gasteiger partial charge in [0, 0.05) is 10.0 Å². The van der Waals surface area contributed by atoms with Gasteiger partial charge in [-0.1, -0.05) is 6.07 Å². The molecule has 0 amide bonds. The summed E-state index contributed by atoms with van der Waals surface area (Å²) in [5.41, 5.74) is 0.987. The second-order valence-corrected chi connectivity index (χ2v) is 3.27. The summed E-state index contributed by atoms with van der Waals surface area (Å²) in [4.78, 5) is 10.4. The largest absolute Gasteiger partial charge is 0.453 e. The Morgan fingerprint density at radius 3 is 3.00 bits per heavy atom. The molecule has 2 rings (SSSR count). The third kappa shape index (κ3) is 1.06. The molecule has 2 aliphatic rings. The maximum Gasteiger partial charge on any atom is 0.185 e. The van der Waals surface area contributed by atoms with E-state index in [0.29, 0.717) is 12.0 Å². The molecule has 60 valence electrons. The molecule has 0 saturated heterocycles. The lowest BCUT2D eigenvalue weighted by Gasteiger charge is -2.01. The van der Waals surface area contributed by atoms with E-state index in [-0.39, 0.29) is 0 Å². The van der Waals surface area contributed by atoms with Crippen LogP contribution in [0.15, 0.2) is 33.2 Å². The maximum absolute atomic E-state index is 10.4. The van der Waals surface area contributed by atoms with E-state index in [1.807, 2.05) is 18.2 Å². The van der Waals surface area contributed by atoms with Gasteiger partial charge in [-0.15, -0.1) is 0 Å². The summed E-state index contributed by atoms with van der Waals surface area (Å²) in [5, 5.41) is 0. The van der Waals surface area contributed by atoms with E-state index >= 15 is 0 Å². The zero-order chi connectivity index (χ0) is 8.55. The van der Waals surface area contributed by atoms with E-state index in [4.69, 9.17) is 4.42 Å². The van der Waals surface area contributed by atoms with Gasteiger partial charge >= 0.3 is 0 Å². The number of rotatable bonds is 1. The Kier molecular flexibility index (Phi) is 1.73. The zero-order valence-corrected chi connectivity index (χ0v) is 7.67. The lowest BCUT2D eigenvalue weighted by atomic mass is 10.2. The van der Waals surface area contributed by atoms with Crippen LogP contribution in [0.25, 0.3) is 11.3 Å². The number of hydrogen-bond donors (Lipinski definition) is 0. The van der Waals surface area contributed by atoms with Crippen molar-refractivity contribution in [1.82, 2.24) is 0 Å². The summed E-state index contributed by atoms with van der Waals surface area (Å²) >= 11 is 3.35. The predicted octanol–water partition coefficient (Wildman–Crippen LogP) is 2.96. The summed E-state index contributed by atoms with van der Waals surface area (Å²) < 4.78 is 6.12. The molecule has 3 heteroatoms. The Bertz CT molecular complexity index is 392. The minimum Gasteiger partial charge on any atom is -0.453 e. The van der Waals surface area contributed by atoms with E-state index in [2.05, 4.69) is 15.9 Å². The molecule has 0 atom stereocenters. The highest BCUT2D eigenvalue weighted by Crippen LogP contribution is 2.31. The van der Waals surface area contributed by atoms with Gasteiger partial charge < -0.3 is 4.42 Å². The molecule has 0 aromatic rings. The van der Waals surface area contributed by atoms with Crippen LogP contribution in [-0.2, 0) is 0 Å². The highest BCUT2D eigenvalue weighted by molar-refractivity contribution is 9.10. The fraction of sp³-hybridized carbons (Fsp3) is 0. The molecule has 1 aliphatic heterocycles. The van der Waals surface area contributed by atoms with Crippen molar-refractivity contribution < 1.29 is 9.21 Å². The first kappa shape index (κ1) is 7.55. The van der Waals surface area contributed by atoms with Gasteiger partial charge in [0.15, 0.2) is 12.0 Å². The van der Waals surface area contributed by atoms with Crippen molar-refractivity contribution in [3.63, 3.8) is 0 Å². The van der Waals surface area contributed by atoms with Crippen LogP contribution < -0.4 is 0 Å². The maximum atomic E-state index is 10.4. The Labute approximate surface area is 77.7 Å². The average Bonchev–Trinajstić information content (AvgIpc) is 2.52. The molecule has 0 aromatic carbocycles. The minimum atomic E-state index is 0.334. The Hall–Kier alpha value is -1.09. The summed E-state index contributed by atoms with van der Waals surface area (Å²) in [5.74, 6) is 1.06. The van der Waals surface area contributed by atoms with Crippen LogP contribution in [0.3, 0.4) is 0 Å². The standard InChI is InChI=1S/C9H5BrO2/c10-8-4-6(5-11)12-9-3-1-2-7(8)9/h1-5H. The highest BCUT2D eigenvalue weighted by Gasteiger charge is 2.09. The van der Waals surface area contributed by atoms with Crippen molar-refractivity contribution in [2.75, 3.05) is 0 Å². The molecule has 12 heavy (non-hydrogen) atoms. The lowest BCUT2D eigenvalue weighted by molar-refractivity contribution is 0.109. The molecule has 0 N–H and O–H groups in total. The van der Waals surface area contributed by atoms with Crippen molar-refractivity contribution in [2.45, 2.75) is 0 Å². The SMILES string of the molecule is O=Cc1cc(Br)c2cccc-2o1. The first-order valence-electron chi connectivity index (χ1n) is 3.44. The van der Waals surface area contributed by atoms with Crippen LogP contribution in [0.2, 0.25) is 0 Å². The first-order chi connectivity index (χ1) is 5.81. The Morgan fingerprint density at radius 2 is 2.25 bits per heavy atom. The summed E-state index contributed by atoms with van der Waals surface area (Å²) in [7, 11) is 0. The molecule has 0 unspecified atom stereocenters. The molecule has 0 radical (unpaired) electrons. The number of halogens is 1. The molecule has 0 aromatic heterocycles. The van der Waals surface area contributed by atoms with Crippen LogP contribution in [0.5, 0.6) is 0 Å². The van der Waals surface area contributed by atoms with Gasteiger partial charge in [-0.05, 0) is 34.1 Å². The summed E-state index contributed by atoms with van der Waals surface area (Å²) in [6, 6.07) is 7.30.